The predicted octanol–water partition coefficient (Wildman–Crippen LogP) is 3.54. The highest BCUT2D eigenvalue weighted by Crippen LogP contribution is 2.25. The zero-order chi connectivity index (χ0) is 14.0. The van der Waals surface area contributed by atoms with Crippen molar-refractivity contribution in [1.82, 2.24) is 4.98 Å². The van der Waals surface area contributed by atoms with Crippen LogP contribution in [0.15, 0.2) is 30.3 Å². The van der Waals surface area contributed by atoms with E-state index in [4.69, 9.17) is 22.1 Å². The summed E-state index contributed by atoms with van der Waals surface area (Å²) in [4.78, 5) is 15.6. The van der Waals surface area contributed by atoms with Crippen LogP contribution >= 0.6 is 34.2 Å². The highest BCUT2D eigenvalue weighted by molar-refractivity contribution is 14.1. The molecule has 0 unspecified atom stereocenters. The zero-order valence-corrected chi connectivity index (χ0v) is 12.9. The Labute approximate surface area is 129 Å². The molecule has 2 rings (SSSR count). The summed E-state index contributed by atoms with van der Waals surface area (Å²) in [5.41, 5.74) is 6.42. The number of hydrogen-bond acceptors (Lipinski definition) is 3. The van der Waals surface area contributed by atoms with Gasteiger partial charge in [0.05, 0.1) is 11.3 Å². The number of carbonyl (C=O) groups excluding carboxylic acids is 1. The number of primary amides is 1. The molecule has 19 heavy (non-hydrogen) atoms. The van der Waals surface area contributed by atoms with Gasteiger partial charge in [-0.1, -0.05) is 11.6 Å². The van der Waals surface area contributed by atoms with E-state index in [0.717, 1.165) is 3.57 Å². The molecule has 0 aliphatic carbocycles. The lowest BCUT2D eigenvalue weighted by atomic mass is 10.2. The van der Waals surface area contributed by atoms with Crippen molar-refractivity contribution < 1.29 is 9.53 Å². The van der Waals surface area contributed by atoms with E-state index in [1.165, 1.54) is 6.07 Å². The van der Waals surface area contributed by atoms with Crippen LogP contribution in [0.5, 0.6) is 11.6 Å². The Hall–Kier alpha value is -1.34. The number of carbonyl (C=O) groups is 1. The number of hydrogen-bond donors (Lipinski definition) is 1. The molecule has 2 N–H and O–H groups in total. The Kier molecular flexibility index (Phi) is 4.26. The summed E-state index contributed by atoms with van der Waals surface area (Å²) in [6.45, 7) is 1.79. The fraction of sp³-hybridized carbons (Fsp3) is 0.0769. The fourth-order valence-electron chi connectivity index (χ4n) is 1.48. The number of rotatable bonds is 3. The molecule has 0 saturated carbocycles. The minimum Gasteiger partial charge on any atom is -0.439 e. The Morgan fingerprint density at radius 2 is 2.00 bits per heavy atom. The Bertz CT molecular complexity index is 629. The molecule has 1 heterocycles. The number of aromatic nitrogens is 1. The van der Waals surface area contributed by atoms with Crippen LogP contribution in [0.25, 0.3) is 0 Å². The number of nitrogens with two attached hydrogens (primary N) is 1. The average Bonchev–Trinajstić information content (AvgIpc) is 2.36. The average molecular weight is 389 g/mol. The van der Waals surface area contributed by atoms with E-state index >= 15 is 0 Å². The van der Waals surface area contributed by atoms with Gasteiger partial charge >= 0.3 is 0 Å². The van der Waals surface area contributed by atoms with Gasteiger partial charge in [-0.2, -0.15) is 0 Å². The SMILES string of the molecule is Cc1nc(Oc2ccc(Cl)cc2)cc(C(N)=O)c1I. The van der Waals surface area contributed by atoms with E-state index in [9.17, 15) is 4.79 Å². The minimum atomic E-state index is -0.504. The van der Waals surface area contributed by atoms with Crippen LogP contribution in [0, 0.1) is 10.5 Å². The van der Waals surface area contributed by atoms with Crippen molar-refractivity contribution >= 4 is 40.1 Å². The third kappa shape index (κ3) is 3.36. The smallest absolute Gasteiger partial charge is 0.250 e. The predicted molar refractivity (Wildman–Crippen MR) is 81.7 cm³/mol. The number of aryl methyl sites for hydroxylation is 1. The second-order valence-corrected chi connectivity index (χ2v) is 5.34. The summed E-state index contributed by atoms with van der Waals surface area (Å²) in [7, 11) is 0. The summed E-state index contributed by atoms with van der Waals surface area (Å²) in [5.74, 6) is 0.415. The van der Waals surface area contributed by atoms with Crippen molar-refractivity contribution in [3.8, 4) is 11.6 Å². The van der Waals surface area contributed by atoms with Crippen LogP contribution < -0.4 is 10.5 Å². The number of benzene rings is 1. The summed E-state index contributed by atoms with van der Waals surface area (Å²) < 4.78 is 6.31. The molecule has 0 spiro atoms. The van der Waals surface area contributed by atoms with Crippen molar-refractivity contribution in [3.05, 3.63) is 50.2 Å². The van der Waals surface area contributed by atoms with Crippen molar-refractivity contribution in [2.75, 3.05) is 0 Å². The summed E-state index contributed by atoms with van der Waals surface area (Å²) in [5, 5.41) is 0.622. The highest BCUT2D eigenvalue weighted by Gasteiger charge is 2.13. The van der Waals surface area contributed by atoms with E-state index in [1.807, 2.05) is 22.6 Å². The van der Waals surface area contributed by atoms with Gasteiger partial charge in [-0.3, -0.25) is 4.79 Å². The van der Waals surface area contributed by atoms with Gasteiger partial charge in [0.1, 0.15) is 5.75 Å². The number of ether oxygens (including phenoxy) is 1. The van der Waals surface area contributed by atoms with Crippen LogP contribution in [0.4, 0.5) is 0 Å². The van der Waals surface area contributed by atoms with Crippen molar-refractivity contribution in [2.45, 2.75) is 6.92 Å². The molecular formula is C13H10ClIN2O2. The maximum absolute atomic E-state index is 11.3. The Morgan fingerprint density at radius 3 is 2.58 bits per heavy atom. The molecular weight excluding hydrogens is 379 g/mol. The fourth-order valence-corrected chi connectivity index (χ4v) is 2.15. The first kappa shape index (κ1) is 14.1. The third-order valence-corrected chi connectivity index (χ3v) is 4.02. The topological polar surface area (TPSA) is 65.2 Å². The molecule has 0 aliphatic rings. The van der Waals surface area contributed by atoms with Gasteiger partial charge in [-0.15, -0.1) is 0 Å². The van der Waals surface area contributed by atoms with Gasteiger partial charge < -0.3 is 10.5 Å². The third-order valence-electron chi connectivity index (χ3n) is 2.40. The van der Waals surface area contributed by atoms with E-state index in [0.29, 0.717) is 27.9 Å². The van der Waals surface area contributed by atoms with Crippen molar-refractivity contribution in [1.29, 1.82) is 0 Å². The van der Waals surface area contributed by atoms with Crippen molar-refractivity contribution in [3.63, 3.8) is 0 Å². The Morgan fingerprint density at radius 1 is 1.37 bits per heavy atom. The molecule has 0 atom stereocenters. The Balaban J connectivity index is 2.35. The number of halogens is 2. The largest absolute Gasteiger partial charge is 0.439 e. The maximum Gasteiger partial charge on any atom is 0.250 e. The summed E-state index contributed by atoms with van der Waals surface area (Å²) >= 11 is 7.83. The van der Waals surface area contributed by atoms with E-state index in [-0.39, 0.29) is 0 Å². The summed E-state index contributed by atoms with van der Waals surface area (Å²) in [6, 6.07) is 8.41. The molecule has 0 saturated heterocycles. The molecule has 0 fully saturated rings. The molecule has 4 nitrogen and oxygen atoms in total. The number of amides is 1. The van der Waals surface area contributed by atoms with Crippen LogP contribution in [-0.2, 0) is 0 Å². The molecule has 2 aromatic rings. The van der Waals surface area contributed by atoms with E-state index in [2.05, 4.69) is 4.98 Å². The van der Waals surface area contributed by atoms with Crippen LogP contribution in [0.2, 0.25) is 5.02 Å². The molecule has 6 heteroatoms. The van der Waals surface area contributed by atoms with Gasteiger partial charge in [0.2, 0.25) is 11.8 Å². The lowest BCUT2D eigenvalue weighted by Gasteiger charge is -2.09. The standard InChI is InChI=1S/C13H10ClIN2O2/c1-7-12(15)10(13(16)18)6-11(17-7)19-9-4-2-8(14)3-5-9/h2-6H,1H3,(H2,16,18). The van der Waals surface area contributed by atoms with Gasteiger partial charge in [0.25, 0.3) is 0 Å². The van der Waals surface area contributed by atoms with Crippen LogP contribution in [0.3, 0.4) is 0 Å². The monoisotopic (exact) mass is 388 g/mol. The van der Waals surface area contributed by atoms with Crippen molar-refractivity contribution in [2.24, 2.45) is 5.73 Å². The first-order valence-corrected chi connectivity index (χ1v) is 6.83. The second kappa shape index (κ2) is 5.75. The number of pyridine rings is 1. The summed E-state index contributed by atoms with van der Waals surface area (Å²) in [6.07, 6.45) is 0. The van der Waals surface area contributed by atoms with E-state index in [1.54, 1.807) is 31.2 Å². The van der Waals surface area contributed by atoms with Crippen LogP contribution in [-0.4, -0.2) is 10.9 Å². The molecule has 98 valence electrons. The zero-order valence-electron chi connectivity index (χ0n) is 9.98. The first-order chi connectivity index (χ1) is 8.97. The lowest BCUT2D eigenvalue weighted by Crippen LogP contribution is -2.14. The van der Waals surface area contributed by atoms with Gasteiger partial charge in [0.15, 0.2) is 0 Å². The first-order valence-electron chi connectivity index (χ1n) is 5.37. The van der Waals surface area contributed by atoms with E-state index < -0.39 is 5.91 Å². The normalized spacial score (nSPS) is 10.3. The minimum absolute atomic E-state index is 0.328. The maximum atomic E-state index is 11.3. The molecule has 1 amide bonds. The number of nitrogens with zero attached hydrogens (tertiary/aromatic N) is 1. The van der Waals surface area contributed by atoms with Crippen LogP contribution in [0.1, 0.15) is 16.1 Å². The second-order valence-electron chi connectivity index (χ2n) is 3.83. The lowest BCUT2D eigenvalue weighted by molar-refractivity contribution is 0.0999. The molecule has 1 aromatic carbocycles. The molecule has 0 bridgehead atoms. The molecule has 1 aromatic heterocycles. The quantitative estimate of drug-likeness (QED) is 0.818. The highest BCUT2D eigenvalue weighted by atomic mass is 127. The molecule has 0 aliphatic heterocycles. The van der Waals surface area contributed by atoms with Gasteiger partial charge in [0, 0.05) is 14.7 Å². The van der Waals surface area contributed by atoms with Gasteiger partial charge in [-0.25, -0.2) is 4.98 Å². The molecule has 0 radical (unpaired) electrons. The van der Waals surface area contributed by atoms with Gasteiger partial charge in [-0.05, 0) is 53.8 Å².